The lowest BCUT2D eigenvalue weighted by atomic mass is 9.99. The van der Waals surface area contributed by atoms with Gasteiger partial charge in [-0.1, -0.05) is 29.8 Å². The Labute approximate surface area is 365 Å². The second-order valence-electron chi connectivity index (χ2n) is 16.8. The van der Waals surface area contributed by atoms with E-state index in [9.17, 15) is 32.3 Å². The maximum atomic E-state index is 14.2. The number of anilines is 2. The van der Waals surface area contributed by atoms with Crippen LogP contribution >= 0.6 is 11.6 Å². The molecule has 0 radical (unpaired) electrons. The molecule has 0 saturated carbocycles. The number of morpholine rings is 1. The summed E-state index contributed by atoms with van der Waals surface area (Å²) in [4.78, 5) is 65.3. The molecule has 15 nitrogen and oxygen atoms in total. The highest BCUT2D eigenvalue weighted by atomic mass is 35.5. The lowest BCUT2D eigenvalue weighted by molar-refractivity contribution is -0.145. The quantitative estimate of drug-likeness (QED) is 0.177. The monoisotopic (exact) mass is 890 g/mol. The molecule has 3 N–H and O–H groups in total. The Bertz CT molecular complexity index is 1880. The number of urea groups is 1. The van der Waals surface area contributed by atoms with Crippen molar-refractivity contribution >= 4 is 47.0 Å². The van der Waals surface area contributed by atoms with E-state index in [0.717, 1.165) is 69.7 Å². The van der Waals surface area contributed by atoms with Crippen LogP contribution in [-0.4, -0.2) is 176 Å². The maximum absolute atomic E-state index is 14.2. The highest BCUT2D eigenvalue weighted by Crippen LogP contribution is 2.38. The molecule has 2 aromatic carbocycles. The van der Waals surface area contributed by atoms with Crippen LogP contribution in [0.15, 0.2) is 36.4 Å². The Hall–Kier alpha value is -4.36. The van der Waals surface area contributed by atoms with Crippen molar-refractivity contribution in [2.75, 3.05) is 116 Å². The zero-order valence-electron chi connectivity index (χ0n) is 35.1. The normalized spacial score (nSPS) is 20.9. The van der Waals surface area contributed by atoms with Crippen molar-refractivity contribution in [2.45, 2.75) is 69.3 Å². The van der Waals surface area contributed by atoms with E-state index in [1.165, 1.54) is 11.0 Å². The zero-order valence-corrected chi connectivity index (χ0v) is 35.8. The van der Waals surface area contributed by atoms with Crippen LogP contribution in [0.25, 0.3) is 0 Å². The predicted octanol–water partition coefficient (Wildman–Crippen LogP) is 4.42. The Morgan fingerprint density at radius 3 is 2.26 bits per heavy atom. The molecular formula is C43H58ClF3N8O7. The number of alkyl halides is 3. The van der Waals surface area contributed by atoms with E-state index in [4.69, 9.17) is 31.5 Å². The number of likely N-dealkylation sites (tertiary alicyclic amines) is 2. The first-order chi connectivity index (χ1) is 29.8. The van der Waals surface area contributed by atoms with Crippen molar-refractivity contribution < 1.29 is 46.6 Å². The van der Waals surface area contributed by atoms with E-state index < -0.39 is 35.5 Å². The average molecular weight is 891 g/mol. The van der Waals surface area contributed by atoms with Crippen LogP contribution in [0.5, 0.6) is 0 Å². The van der Waals surface area contributed by atoms with Gasteiger partial charge in [0.2, 0.25) is 0 Å². The highest BCUT2D eigenvalue weighted by Gasteiger charge is 2.39. The first kappa shape index (κ1) is 45.7. The van der Waals surface area contributed by atoms with E-state index in [-0.39, 0.29) is 60.7 Å². The Kier molecular flexibility index (Phi) is 15.4. The van der Waals surface area contributed by atoms with Gasteiger partial charge >= 0.3 is 24.3 Å². The lowest BCUT2D eigenvalue weighted by Gasteiger charge is -2.43. The topological polar surface area (TPSA) is 153 Å². The standard InChI is InChI=1S/C43H58ClF3N8O7/c44-35-27-30(26-34(39(35)48)43(45,46)47)28-37(62-42(59)54-14-9-33(10-15-54)55-16-6-31-4-1-2-5-36(31)49-41(55)58)40(57)53-12-7-32(8-13-53)52-19-17-51(18-20-52)29-38(56)61-23-3-11-50-21-24-60-25-22-50/h1-2,4-5,26-27,32-33,37H,3,6-25,28-29,48H2,(H,49,58)/t37-/m1/s1. The Morgan fingerprint density at radius 2 is 1.55 bits per heavy atom. The van der Waals surface area contributed by atoms with Gasteiger partial charge in [-0.25, -0.2) is 9.59 Å². The van der Waals surface area contributed by atoms with Crippen LogP contribution in [0.1, 0.15) is 48.8 Å². The Morgan fingerprint density at radius 1 is 0.871 bits per heavy atom. The van der Waals surface area contributed by atoms with Crippen molar-refractivity contribution in [1.82, 2.24) is 29.4 Å². The summed E-state index contributed by atoms with van der Waals surface area (Å²) in [5.74, 6) is -0.723. The number of carbonyl (C=O) groups is 4. The number of carbonyl (C=O) groups excluding carboxylic acids is 4. The van der Waals surface area contributed by atoms with Crippen LogP contribution in [0.4, 0.5) is 34.1 Å². The largest absolute Gasteiger partial charge is 0.465 e. The van der Waals surface area contributed by atoms with Gasteiger partial charge in [-0.2, -0.15) is 13.2 Å². The summed E-state index contributed by atoms with van der Waals surface area (Å²) in [6.45, 7) is 9.53. The summed E-state index contributed by atoms with van der Waals surface area (Å²) in [6.07, 6.45) is -3.54. The molecule has 0 spiro atoms. The molecule has 4 fully saturated rings. The molecule has 1 atom stereocenters. The third-order valence-electron chi connectivity index (χ3n) is 12.8. The molecule has 0 aliphatic carbocycles. The molecule has 2 aromatic rings. The van der Waals surface area contributed by atoms with E-state index in [2.05, 4.69) is 20.0 Å². The van der Waals surface area contributed by atoms with Crippen LogP contribution in [0, 0.1) is 0 Å². The van der Waals surface area contributed by atoms with Gasteiger partial charge in [-0.3, -0.25) is 24.3 Å². The molecule has 62 heavy (non-hydrogen) atoms. The number of hydrogen-bond donors (Lipinski definition) is 2. The van der Waals surface area contributed by atoms with Gasteiger partial charge < -0.3 is 40.0 Å². The molecule has 7 rings (SSSR count). The first-order valence-corrected chi connectivity index (χ1v) is 22.2. The number of nitrogens with zero attached hydrogens (tertiary/aromatic N) is 6. The van der Waals surface area contributed by atoms with Gasteiger partial charge in [0.15, 0.2) is 6.10 Å². The van der Waals surface area contributed by atoms with Crippen molar-refractivity contribution in [3.63, 3.8) is 0 Å². The minimum Gasteiger partial charge on any atom is -0.465 e. The minimum absolute atomic E-state index is 0.0548. The SMILES string of the molecule is Nc1c(Cl)cc(C[C@@H](OC(=O)N2CCC(N3CCc4ccccc4NC3=O)CC2)C(=O)N2CCC(N3CCN(CC(=O)OCCCN4CCOCC4)CC3)CC2)cc1C(F)(F)F. The number of esters is 1. The van der Waals surface area contributed by atoms with Gasteiger partial charge in [-0.05, 0) is 67.9 Å². The summed E-state index contributed by atoms with van der Waals surface area (Å²) >= 11 is 6.16. The van der Waals surface area contributed by atoms with Crippen LogP contribution in [-0.2, 0) is 42.8 Å². The van der Waals surface area contributed by atoms with Crippen LogP contribution in [0.2, 0.25) is 5.02 Å². The third kappa shape index (κ3) is 11.8. The molecule has 5 heterocycles. The first-order valence-electron chi connectivity index (χ1n) is 21.8. The van der Waals surface area contributed by atoms with Gasteiger partial charge in [0.05, 0.1) is 42.6 Å². The number of amides is 4. The molecule has 4 amide bonds. The number of halogens is 4. The molecule has 19 heteroatoms. The number of ether oxygens (including phenoxy) is 3. The van der Waals surface area contributed by atoms with Gasteiger partial charge in [-0.15, -0.1) is 0 Å². The summed E-state index contributed by atoms with van der Waals surface area (Å²) in [5, 5.41) is 2.68. The Balaban J connectivity index is 0.913. The minimum atomic E-state index is -4.79. The molecule has 4 saturated heterocycles. The van der Waals surface area contributed by atoms with Crippen molar-refractivity contribution in [3.05, 3.63) is 58.1 Å². The number of rotatable bonds is 12. The van der Waals surface area contributed by atoms with Gasteiger partial charge in [0.25, 0.3) is 5.91 Å². The summed E-state index contributed by atoms with van der Waals surface area (Å²) in [7, 11) is 0. The second-order valence-corrected chi connectivity index (χ2v) is 17.2. The van der Waals surface area contributed by atoms with Crippen molar-refractivity contribution in [1.29, 1.82) is 0 Å². The smallest absolute Gasteiger partial charge is 0.418 e. The van der Waals surface area contributed by atoms with Crippen LogP contribution < -0.4 is 11.1 Å². The maximum Gasteiger partial charge on any atom is 0.418 e. The number of nitrogens with two attached hydrogens (primary N) is 1. The third-order valence-corrected chi connectivity index (χ3v) is 13.1. The number of nitrogen functional groups attached to an aromatic ring is 1. The van der Waals surface area contributed by atoms with E-state index >= 15 is 0 Å². The number of para-hydroxylation sites is 1. The number of benzene rings is 2. The molecule has 0 aromatic heterocycles. The summed E-state index contributed by atoms with van der Waals surface area (Å²) < 4.78 is 58.6. The molecule has 0 bridgehead atoms. The van der Waals surface area contributed by atoms with Crippen molar-refractivity contribution in [3.8, 4) is 0 Å². The molecule has 340 valence electrons. The number of piperazine rings is 1. The van der Waals surface area contributed by atoms with E-state index in [1.807, 2.05) is 24.3 Å². The van der Waals surface area contributed by atoms with Gasteiger partial charge in [0, 0.05) is 103 Å². The number of hydrogen-bond acceptors (Lipinski definition) is 11. The molecular weight excluding hydrogens is 833 g/mol. The summed E-state index contributed by atoms with van der Waals surface area (Å²) in [6, 6.07) is 9.67. The van der Waals surface area contributed by atoms with E-state index in [0.29, 0.717) is 71.4 Å². The molecule has 5 aliphatic rings. The number of nitrogens with one attached hydrogen (secondary N) is 1. The zero-order chi connectivity index (χ0) is 43.8. The summed E-state index contributed by atoms with van der Waals surface area (Å²) in [5.41, 5.74) is 5.84. The molecule has 5 aliphatic heterocycles. The molecule has 0 unspecified atom stereocenters. The van der Waals surface area contributed by atoms with Crippen LogP contribution in [0.3, 0.4) is 0 Å². The van der Waals surface area contributed by atoms with E-state index in [1.54, 1.807) is 9.80 Å². The lowest BCUT2D eigenvalue weighted by Crippen LogP contribution is -2.55. The number of piperidine rings is 2. The fraction of sp³-hybridized carbons (Fsp3) is 0.628. The van der Waals surface area contributed by atoms with Crippen molar-refractivity contribution in [2.24, 2.45) is 0 Å². The van der Waals surface area contributed by atoms with Gasteiger partial charge in [0.1, 0.15) is 0 Å². The number of fused-ring (bicyclic) bond motifs is 1. The fourth-order valence-corrected chi connectivity index (χ4v) is 9.43. The fourth-order valence-electron chi connectivity index (χ4n) is 9.18. The second kappa shape index (κ2) is 20.9. The highest BCUT2D eigenvalue weighted by molar-refractivity contribution is 6.33. The predicted molar refractivity (Wildman–Crippen MR) is 226 cm³/mol. The average Bonchev–Trinajstić information content (AvgIpc) is 3.44.